The zero-order valence-electron chi connectivity index (χ0n) is 16.3. The van der Waals surface area contributed by atoms with Crippen molar-refractivity contribution in [2.75, 3.05) is 39.7 Å². The molecular weight excluding hydrogens is 414 g/mol. The number of para-hydroxylation sites is 1. The van der Waals surface area contributed by atoms with Gasteiger partial charge in [-0.2, -0.15) is 0 Å². The molecule has 156 valence electrons. The van der Waals surface area contributed by atoms with Crippen LogP contribution in [0.5, 0.6) is 5.75 Å². The van der Waals surface area contributed by atoms with Crippen LogP contribution in [0.1, 0.15) is 10.4 Å². The van der Waals surface area contributed by atoms with Gasteiger partial charge in [-0.1, -0.05) is 12.1 Å². The maximum Gasteiger partial charge on any atom is 0.261 e. The van der Waals surface area contributed by atoms with E-state index in [0.717, 1.165) is 4.31 Å². The molecule has 0 spiro atoms. The lowest BCUT2D eigenvalue weighted by atomic mass is 10.2. The van der Waals surface area contributed by atoms with Crippen LogP contribution >= 0.6 is 12.2 Å². The molecule has 2 aromatic rings. The summed E-state index contributed by atoms with van der Waals surface area (Å²) in [7, 11) is 0.975. The molecule has 0 aliphatic carbocycles. The van der Waals surface area contributed by atoms with E-state index >= 15 is 0 Å². The molecule has 0 atom stereocenters. The van der Waals surface area contributed by atoms with Crippen molar-refractivity contribution in [3.05, 3.63) is 54.1 Å². The Hall–Kier alpha value is -2.53. The van der Waals surface area contributed by atoms with Gasteiger partial charge < -0.3 is 14.8 Å². The SMILES string of the molecule is COCCOc1ccccc1C(=O)NC(=S)Nc1ccc(S(=O)(=O)N(C)C)cc1. The molecule has 0 aliphatic rings. The van der Waals surface area contributed by atoms with E-state index in [-0.39, 0.29) is 10.0 Å². The van der Waals surface area contributed by atoms with E-state index in [2.05, 4.69) is 10.6 Å². The molecule has 0 unspecified atom stereocenters. The third kappa shape index (κ3) is 6.23. The van der Waals surface area contributed by atoms with Crippen LogP contribution in [0, 0.1) is 0 Å². The highest BCUT2D eigenvalue weighted by Crippen LogP contribution is 2.19. The van der Waals surface area contributed by atoms with E-state index in [1.54, 1.807) is 43.5 Å². The number of ether oxygens (including phenoxy) is 2. The topological polar surface area (TPSA) is 97.0 Å². The average Bonchev–Trinajstić information content (AvgIpc) is 2.68. The van der Waals surface area contributed by atoms with E-state index in [0.29, 0.717) is 30.2 Å². The van der Waals surface area contributed by atoms with Crippen molar-refractivity contribution in [1.29, 1.82) is 0 Å². The fraction of sp³-hybridized carbons (Fsp3) is 0.263. The summed E-state index contributed by atoms with van der Waals surface area (Å²) in [6.45, 7) is 0.709. The van der Waals surface area contributed by atoms with Crippen molar-refractivity contribution in [3.63, 3.8) is 0 Å². The molecule has 0 saturated carbocycles. The van der Waals surface area contributed by atoms with Crippen LogP contribution in [-0.4, -0.2) is 58.2 Å². The summed E-state index contributed by atoms with van der Waals surface area (Å²) in [5.74, 6) is -0.00887. The number of rotatable bonds is 8. The summed E-state index contributed by atoms with van der Waals surface area (Å²) in [6, 6.07) is 12.8. The summed E-state index contributed by atoms with van der Waals surface area (Å²) in [6.07, 6.45) is 0. The molecule has 0 heterocycles. The van der Waals surface area contributed by atoms with E-state index in [9.17, 15) is 13.2 Å². The second kappa shape index (κ2) is 10.3. The van der Waals surface area contributed by atoms with E-state index in [4.69, 9.17) is 21.7 Å². The van der Waals surface area contributed by atoms with Gasteiger partial charge in [0.1, 0.15) is 12.4 Å². The van der Waals surface area contributed by atoms with Gasteiger partial charge in [-0.05, 0) is 48.6 Å². The minimum absolute atomic E-state index is 0.0740. The second-order valence-electron chi connectivity index (χ2n) is 6.06. The molecule has 2 N–H and O–H groups in total. The van der Waals surface area contributed by atoms with Gasteiger partial charge in [0.05, 0.1) is 17.1 Å². The Morgan fingerprint density at radius 1 is 1.07 bits per heavy atom. The maximum atomic E-state index is 12.5. The Labute approximate surface area is 175 Å². The van der Waals surface area contributed by atoms with Crippen molar-refractivity contribution >= 4 is 38.9 Å². The van der Waals surface area contributed by atoms with Gasteiger partial charge in [0.2, 0.25) is 10.0 Å². The lowest BCUT2D eigenvalue weighted by molar-refractivity contribution is 0.0970. The Morgan fingerprint density at radius 3 is 2.34 bits per heavy atom. The van der Waals surface area contributed by atoms with Crippen LogP contribution in [0.15, 0.2) is 53.4 Å². The number of carbonyl (C=O) groups is 1. The monoisotopic (exact) mass is 437 g/mol. The van der Waals surface area contributed by atoms with Crippen molar-refractivity contribution in [1.82, 2.24) is 9.62 Å². The number of hydrogen-bond donors (Lipinski definition) is 2. The van der Waals surface area contributed by atoms with Gasteiger partial charge >= 0.3 is 0 Å². The average molecular weight is 438 g/mol. The predicted octanol–water partition coefficient (Wildman–Crippen LogP) is 2.09. The Kier molecular flexibility index (Phi) is 8.09. The fourth-order valence-electron chi connectivity index (χ4n) is 2.27. The van der Waals surface area contributed by atoms with Gasteiger partial charge in [0, 0.05) is 26.9 Å². The van der Waals surface area contributed by atoms with Gasteiger partial charge in [0.15, 0.2) is 5.11 Å². The number of thiocarbonyl (C=S) groups is 1. The molecule has 1 amide bonds. The molecular formula is C19H23N3O5S2. The molecule has 0 aliphatic heterocycles. The Morgan fingerprint density at radius 2 is 1.72 bits per heavy atom. The first-order valence-electron chi connectivity index (χ1n) is 8.61. The van der Waals surface area contributed by atoms with Crippen molar-refractivity contribution < 1.29 is 22.7 Å². The number of sulfonamides is 1. The lowest BCUT2D eigenvalue weighted by Crippen LogP contribution is -2.34. The van der Waals surface area contributed by atoms with E-state index in [1.807, 2.05) is 0 Å². The molecule has 0 aromatic heterocycles. The van der Waals surface area contributed by atoms with Crippen molar-refractivity contribution in [3.8, 4) is 5.75 Å². The van der Waals surface area contributed by atoms with E-state index < -0.39 is 15.9 Å². The van der Waals surface area contributed by atoms with Crippen LogP contribution in [0.2, 0.25) is 0 Å². The molecule has 0 fully saturated rings. The number of nitrogens with zero attached hydrogens (tertiary/aromatic N) is 1. The van der Waals surface area contributed by atoms with Gasteiger partial charge in [-0.15, -0.1) is 0 Å². The summed E-state index contributed by atoms with van der Waals surface area (Å²) in [4.78, 5) is 12.7. The molecule has 29 heavy (non-hydrogen) atoms. The number of amides is 1. The number of methoxy groups -OCH3 is 1. The first-order chi connectivity index (χ1) is 13.8. The maximum absolute atomic E-state index is 12.5. The highest BCUT2D eigenvalue weighted by Gasteiger charge is 2.17. The van der Waals surface area contributed by atoms with Crippen LogP contribution < -0.4 is 15.4 Å². The number of hydrogen-bond acceptors (Lipinski definition) is 6. The largest absolute Gasteiger partial charge is 0.490 e. The molecule has 8 nitrogen and oxygen atoms in total. The minimum atomic E-state index is -3.51. The van der Waals surface area contributed by atoms with Gasteiger partial charge in [-0.3, -0.25) is 10.1 Å². The highest BCUT2D eigenvalue weighted by atomic mass is 32.2. The van der Waals surface area contributed by atoms with Gasteiger partial charge in [-0.25, -0.2) is 12.7 Å². The first-order valence-corrected chi connectivity index (χ1v) is 10.5. The van der Waals surface area contributed by atoms with Gasteiger partial charge in [0.25, 0.3) is 5.91 Å². The number of anilines is 1. The van der Waals surface area contributed by atoms with E-state index in [1.165, 1.54) is 26.2 Å². The summed E-state index contributed by atoms with van der Waals surface area (Å²) in [5, 5.41) is 5.51. The molecule has 0 bridgehead atoms. The highest BCUT2D eigenvalue weighted by molar-refractivity contribution is 7.89. The zero-order chi connectivity index (χ0) is 21.4. The quantitative estimate of drug-likeness (QED) is 0.482. The molecule has 0 saturated heterocycles. The third-order valence-electron chi connectivity index (χ3n) is 3.79. The smallest absolute Gasteiger partial charge is 0.261 e. The van der Waals surface area contributed by atoms with Crippen LogP contribution in [0.3, 0.4) is 0 Å². The standard InChI is InChI=1S/C19H23N3O5S2/c1-22(2)29(24,25)15-10-8-14(9-11-15)20-19(28)21-18(23)16-6-4-5-7-17(16)27-13-12-26-3/h4-11H,12-13H2,1-3H3,(H2,20,21,23,28). The summed E-state index contributed by atoms with van der Waals surface area (Å²) in [5.41, 5.74) is 0.873. The van der Waals surface area contributed by atoms with Crippen LogP contribution in [0.4, 0.5) is 5.69 Å². The van der Waals surface area contributed by atoms with Crippen molar-refractivity contribution in [2.24, 2.45) is 0 Å². The van der Waals surface area contributed by atoms with Crippen molar-refractivity contribution in [2.45, 2.75) is 4.90 Å². The lowest BCUT2D eigenvalue weighted by Gasteiger charge is -2.14. The van der Waals surface area contributed by atoms with Crippen LogP contribution in [0.25, 0.3) is 0 Å². The number of nitrogens with one attached hydrogen (secondary N) is 2. The summed E-state index contributed by atoms with van der Waals surface area (Å²) >= 11 is 5.18. The minimum Gasteiger partial charge on any atom is -0.490 e. The predicted molar refractivity (Wildman–Crippen MR) is 115 cm³/mol. The Balaban J connectivity index is 2.02. The number of carbonyl (C=O) groups excluding carboxylic acids is 1. The molecule has 2 aromatic carbocycles. The molecule has 0 radical (unpaired) electrons. The summed E-state index contributed by atoms with van der Waals surface area (Å²) < 4.78 is 35.8. The molecule has 10 heteroatoms. The second-order valence-corrected chi connectivity index (χ2v) is 8.62. The zero-order valence-corrected chi connectivity index (χ0v) is 18.0. The third-order valence-corrected chi connectivity index (χ3v) is 5.83. The number of benzene rings is 2. The fourth-order valence-corrected chi connectivity index (χ4v) is 3.38. The normalized spacial score (nSPS) is 11.2. The Bertz CT molecular complexity index is 960. The molecule has 2 rings (SSSR count). The van der Waals surface area contributed by atoms with Crippen LogP contribution in [-0.2, 0) is 14.8 Å². The first kappa shape index (κ1) is 22.8.